The molecule has 2 unspecified atom stereocenters. The lowest BCUT2D eigenvalue weighted by Crippen LogP contribution is -2.43. The lowest BCUT2D eigenvalue weighted by atomic mass is 9.86. The third-order valence-electron chi connectivity index (χ3n) is 3.42. The van der Waals surface area contributed by atoms with Crippen LogP contribution in [0.4, 0.5) is 4.79 Å². The van der Waals surface area contributed by atoms with Gasteiger partial charge in [-0.15, -0.1) is 0 Å². The fourth-order valence-electron chi connectivity index (χ4n) is 2.74. The van der Waals surface area contributed by atoms with Gasteiger partial charge in [-0.05, 0) is 43.7 Å². The molecule has 1 saturated carbocycles. The quantitative estimate of drug-likeness (QED) is 0.585. The lowest BCUT2D eigenvalue weighted by Gasteiger charge is -2.30. The number of piperidine rings is 1. The fraction of sp³-hybridized carbons (Fsp3) is 0.889. The summed E-state index contributed by atoms with van der Waals surface area (Å²) in [6.45, 7) is 2.79. The van der Waals surface area contributed by atoms with Crippen molar-refractivity contribution in [2.75, 3.05) is 19.6 Å². The Bertz CT molecular complexity index is 192. The largest absolute Gasteiger partial charge is 0.465 e. The van der Waals surface area contributed by atoms with Crippen molar-refractivity contribution in [2.24, 2.45) is 17.8 Å². The van der Waals surface area contributed by atoms with Crippen molar-refractivity contribution < 1.29 is 9.90 Å². The number of rotatable bonds is 2. The molecule has 1 aliphatic carbocycles. The van der Waals surface area contributed by atoms with E-state index in [1.807, 2.05) is 0 Å². The van der Waals surface area contributed by atoms with Crippen molar-refractivity contribution in [1.82, 2.24) is 10.6 Å². The van der Waals surface area contributed by atoms with Crippen molar-refractivity contribution in [3.8, 4) is 0 Å². The molecule has 13 heavy (non-hydrogen) atoms. The number of amides is 1. The Kier molecular flexibility index (Phi) is 2.40. The summed E-state index contributed by atoms with van der Waals surface area (Å²) in [5.41, 5.74) is 0. The predicted molar refractivity (Wildman–Crippen MR) is 48.6 cm³/mol. The highest BCUT2D eigenvalue weighted by molar-refractivity contribution is 5.64. The number of fused-ring (bicyclic) bond motifs is 2. The average Bonchev–Trinajstić information content (AvgIpc) is 2.34. The Morgan fingerprint density at radius 1 is 1.38 bits per heavy atom. The van der Waals surface area contributed by atoms with Gasteiger partial charge >= 0.3 is 6.09 Å². The minimum atomic E-state index is -0.891. The van der Waals surface area contributed by atoms with Crippen molar-refractivity contribution in [3.05, 3.63) is 0 Å². The van der Waals surface area contributed by atoms with Crippen LogP contribution in [-0.4, -0.2) is 30.8 Å². The maximum atomic E-state index is 10.3. The first-order chi connectivity index (χ1) is 6.27. The van der Waals surface area contributed by atoms with E-state index in [9.17, 15) is 4.79 Å². The molecule has 1 aliphatic heterocycles. The molecule has 74 valence electrons. The van der Waals surface area contributed by atoms with Gasteiger partial charge < -0.3 is 15.7 Å². The summed E-state index contributed by atoms with van der Waals surface area (Å²) in [5.74, 6) is 1.98. The minimum Gasteiger partial charge on any atom is -0.465 e. The normalized spacial score (nSPS) is 37.4. The molecule has 4 heteroatoms. The van der Waals surface area contributed by atoms with Gasteiger partial charge in [0.2, 0.25) is 0 Å². The van der Waals surface area contributed by atoms with E-state index in [-0.39, 0.29) is 0 Å². The molecule has 4 nitrogen and oxygen atoms in total. The molecule has 1 saturated heterocycles. The monoisotopic (exact) mass is 184 g/mol. The van der Waals surface area contributed by atoms with Crippen LogP contribution in [0.5, 0.6) is 0 Å². The van der Waals surface area contributed by atoms with Crippen LogP contribution in [0.15, 0.2) is 0 Å². The first kappa shape index (κ1) is 8.81. The molecule has 1 amide bonds. The summed E-state index contributed by atoms with van der Waals surface area (Å²) in [4.78, 5) is 10.3. The highest BCUT2D eigenvalue weighted by Gasteiger charge is 2.38. The first-order valence-electron chi connectivity index (χ1n) is 4.95. The lowest BCUT2D eigenvalue weighted by molar-refractivity contribution is 0.182. The summed E-state index contributed by atoms with van der Waals surface area (Å²) in [6, 6.07) is 0. The molecule has 2 aliphatic rings. The summed E-state index contributed by atoms with van der Waals surface area (Å²) in [6.07, 6.45) is 1.64. The number of carboxylic acid groups (broad SMARTS) is 1. The molecule has 3 N–H and O–H groups in total. The molecule has 2 rings (SSSR count). The number of hydrogen-bond donors (Lipinski definition) is 3. The third-order valence-corrected chi connectivity index (χ3v) is 3.42. The summed E-state index contributed by atoms with van der Waals surface area (Å²) in [7, 11) is 0. The summed E-state index contributed by atoms with van der Waals surface area (Å²) >= 11 is 0. The predicted octanol–water partition coefficient (Wildman–Crippen LogP) is 0.500. The molecule has 0 aromatic carbocycles. The van der Waals surface area contributed by atoms with Crippen LogP contribution < -0.4 is 10.6 Å². The maximum absolute atomic E-state index is 10.3. The highest BCUT2D eigenvalue weighted by atomic mass is 16.4. The van der Waals surface area contributed by atoms with Crippen molar-refractivity contribution in [2.45, 2.75) is 12.8 Å². The van der Waals surface area contributed by atoms with Gasteiger partial charge in [0.15, 0.2) is 0 Å². The molecule has 0 spiro atoms. The SMILES string of the molecule is O=C(O)NCC1C2CC[C@@H]1CNC2. The molecule has 2 fully saturated rings. The van der Waals surface area contributed by atoms with Crippen molar-refractivity contribution in [3.63, 3.8) is 0 Å². The smallest absolute Gasteiger partial charge is 0.404 e. The fourth-order valence-corrected chi connectivity index (χ4v) is 2.74. The van der Waals surface area contributed by atoms with Crippen molar-refractivity contribution in [1.29, 1.82) is 0 Å². The molecule has 0 aromatic rings. The topological polar surface area (TPSA) is 61.4 Å². The zero-order valence-corrected chi connectivity index (χ0v) is 7.62. The Morgan fingerprint density at radius 2 is 2.00 bits per heavy atom. The van der Waals surface area contributed by atoms with Crippen LogP contribution in [-0.2, 0) is 0 Å². The Hall–Kier alpha value is -0.770. The minimum absolute atomic E-state index is 0.581. The van der Waals surface area contributed by atoms with Gasteiger partial charge in [-0.25, -0.2) is 4.79 Å². The van der Waals surface area contributed by atoms with Gasteiger partial charge in [-0.2, -0.15) is 0 Å². The standard InChI is InChI=1S/C9H16N2O2/c12-9(13)11-5-8-6-1-2-7(8)4-10-3-6/h6-8,10-11H,1-5H2,(H,12,13)/t6-,7?,8?/m1/s1. The van der Waals surface area contributed by atoms with Crippen LogP contribution in [0.3, 0.4) is 0 Å². The number of hydrogen-bond acceptors (Lipinski definition) is 2. The first-order valence-corrected chi connectivity index (χ1v) is 4.95. The molecule has 0 radical (unpaired) electrons. The Balaban J connectivity index is 1.88. The third kappa shape index (κ3) is 1.77. The molecule has 3 atom stereocenters. The van der Waals surface area contributed by atoms with Gasteiger partial charge in [-0.3, -0.25) is 0 Å². The van der Waals surface area contributed by atoms with E-state index < -0.39 is 6.09 Å². The Labute approximate surface area is 77.7 Å². The van der Waals surface area contributed by atoms with Gasteiger partial charge in [0, 0.05) is 6.54 Å². The molecular weight excluding hydrogens is 168 g/mol. The average molecular weight is 184 g/mol. The Morgan fingerprint density at radius 3 is 2.54 bits per heavy atom. The van der Waals surface area contributed by atoms with E-state index in [2.05, 4.69) is 10.6 Å². The molecule has 1 heterocycles. The van der Waals surface area contributed by atoms with E-state index in [4.69, 9.17) is 5.11 Å². The second kappa shape index (κ2) is 3.54. The van der Waals surface area contributed by atoms with Gasteiger partial charge in [0.05, 0.1) is 0 Å². The molecule has 0 aromatic heterocycles. The zero-order chi connectivity index (χ0) is 9.26. The second-order valence-corrected chi connectivity index (χ2v) is 4.11. The van der Waals surface area contributed by atoms with Crippen LogP contribution in [0.1, 0.15) is 12.8 Å². The van der Waals surface area contributed by atoms with Crippen LogP contribution in [0, 0.1) is 17.8 Å². The number of carbonyl (C=O) groups is 1. The van der Waals surface area contributed by atoms with Crippen LogP contribution in [0.2, 0.25) is 0 Å². The van der Waals surface area contributed by atoms with E-state index >= 15 is 0 Å². The van der Waals surface area contributed by atoms with E-state index in [1.165, 1.54) is 12.8 Å². The molecular formula is C9H16N2O2. The highest BCUT2D eigenvalue weighted by Crippen LogP contribution is 2.38. The van der Waals surface area contributed by atoms with Crippen LogP contribution >= 0.6 is 0 Å². The summed E-state index contributed by atoms with van der Waals surface area (Å²) < 4.78 is 0. The van der Waals surface area contributed by atoms with Gasteiger partial charge in [0.25, 0.3) is 0 Å². The maximum Gasteiger partial charge on any atom is 0.404 e. The van der Waals surface area contributed by atoms with Crippen molar-refractivity contribution >= 4 is 6.09 Å². The van der Waals surface area contributed by atoms with Gasteiger partial charge in [-0.1, -0.05) is 0 Å². The zero-order valence-electron chi connectivity index (χ0n) is 7.62. The van der Waals surface area contributed by atoms with Gasteiger partial charge in [0.1, 0.15) is 0 Å². The van der Waals surface area contributed by atoms with E-state index in [0.717, 1.165) is 13.1 Å². The van der Waals surface area contributed by atoms with E-state index in [1.54, 1.807) is 0 Å². The second-order valence-electron chi connectivity index (χ2n) is 4.11. The van der Waals surface area contributed by atoms with Crippen LogP contribution in [0.25, 0.3) is 0 Å². The number of nitrogens with one attached hydrogen (secondary N) is 2. The van der Waals surface area contributed by atoms with E-state index in [0.29, 0.717) is 24.3 Å². The molecule has 2 bridgehead atoms. The summed E-state index contributed by atoms with van der Waals surface area (Å²) in [5, 5.41) is 14.4.